The number of aromatic nitrogens is 3. The van der Waals surface area contributed by atoms with Crippen LogP contribution in [-0.2, 0) is 25.5 Å². The first-order chi connectivity index (χ1) is 28.7. The Labute approximate surface area is 377 Å². The second-order valence-corrected chi connectivity index (χ2v) is 17.5. The van der Waals surface area contributed by atoms with Gasteiger partial charge in [0.1, 0.15) is 12.5 Å². The summed E-state index contributed by atoms with van der Waals surface area (Å²) in [5.74, 6) is -2.20. The van der Waals surface area contributed by atoms with E-state index in [2.05, 4.69) is 48.1 Å². The smallest absolute Gasteiger partial charge is 0.664 e. The van der Waals surface area contributed by atoms with Crippen LogP contribution in [0.3, 0.4) is 0 Å². The number of Topliss-reactive ketones (excluding diaryl/α,β-unsaturated/α-hetero) is 1. The third kappa shape index (κ3) is 10.2. The molecule has 10 nitrogen and oxygen atoms in total. The summed E-state index contributed by atoms with van der Waals surface area (Å²) >= 11 is 0. The summed E-state index contributed by atoms with van der Waals surface area (Å²) in [5, 5.41) is 16.4. The van der Waals surface area contributed by atoms with Gasteiger partial charge in [0.05, 0.1) is 0 Å². The molecule has 11 heteroatoms. The summed E-state index contributed by atoms with van der Waals surface area (Å²) in [4.78, 5) is 56.4. The molecule has 1 fully saturated rings. The van der Waals surface area contributed by atoms with Crippen LogP contribution in [0.25, 0.3) is 35.2 Å². The van der Waals surface area contributed by atoms with Crippen molar-refractivity contribution in [3.8, 4) is 0 Å². The van der Waals surface area contributed by atoms with Crippen LogP contribution in [0.4, 0.5) is 0 Å². The van der Waals surface area contributed by atoms with E-state index in [1.54, 1.807) is 0 Å². The molecule has 0 spiro atoms. The number of aliphatic hydroxyl groups is 1. The first kappa shape index (κ1) is 47.7. The zero-order valence-electron chi connectivity index (χ0n) is 37.7. The Bertz CT molecular complexity index is 2370. The number of fused-ring (bicyclic) bond motifs is 7. The first-order valence-corrected chi connectivity index (χ1v) is 21.8. The van der Waals surface area contributed by atoms with Gasteiger partial charge in [0, 0.05) is 12.0 Å². The average Bonchev–Trinajstić information content (AvgIpc) is 3.94. The number of aliphatic hydroxyl groups excluding tert-OH is 1. The Kier molecular flexibility index (Phi) is 16.2. The van der Waals surface area contributed by atoms with Crippen LogP contribution in [-0.4, -0.2) is 59.3 Å². The third-order valence-electron chi connectivity index (χ3n) is 12.8. The second kappa shape index (κ2) is 20.7. The van der Waals surface area contributed by atoms with Crippen LogP contribution in [0, 0.1) is 50.4 Å². The monoisotopic (exact) mass is 838 g/mol. The predicted molar refractivity (Wildman–Crippen MR) is 243 cm³/mol. The summed E-state index contributed by atoms with van der Waals surface area (Å²) in [6.45, 7) is 22.4. The van der Waals surface area contributed by atoms with Crippen molar-refractivity contribution in [2.45, 2.75) is 120 Å². The van der Waals surface area contributed by atoms with E-state index in [0.29, 0.717) is 51.8 Å². The number of rotatable bonds is 17. The molecule has 3 aromatic rings. The van der Waals surface area contributed by atoms with E-state index in [-0.39, 0.29) is 53.9 Å². The molecule has 322 valence electrons. The number of allylic oxidation sites excluding steroid dienone is 3. The maximum absolute atomic E-state index is 14.4. The SMILES string of the molecule is C=Cc1c2[n-]c(c1C)/C=C1\[N-]/C(=C3\c4[n-]c(c(C)c4C(=O)[C@@H]3C(=O)OCO)/C=c3\[n-]/c(c(C)c3CC)=C\2)[C@@H](CCC(=O)OC/C=C(/C)CCC[C@H](C)CCCC(C)C)[C@@H]1C.[Mg+2]. The van der Waals surface area contributed by atoms with E-state index in [9.17, 15) is 19.5 Å². The van der Waals surface area contributed by atoms with E-state index >= 15 is 0 Å². The molecule has 0 saturated carbocycles. The van der Waals surface area contributed by atoms with Crippen LogP contribution < -0.4 is 25.7 Å². The van der Waals surface area contributed by atoms with Gasteiger partial charge in [-0.3, -0.25) is 14.4 Å². The maximum atomic E-state index is 14.4. The first-order valence-electron chi connectivity index (χ1n) is 21.8. The molecule has 0 aromatic carbocycles. The Hall–Kier alpha value is -4.32. The molecule has 8 bridgehead atoms. The van der Waals surface area contributed by atoms with E-state index in [0.717, 1.165) is 69.5 Å². The minimum atomic E-state index is -1.37. The van der Waals surface area contributed by atoms with Crippen molar-refractivity contribution in [3.63, 3.8) is 0 Å². The fourth-order valence-corrected chi connectivity index (χ4v) is 9.15. The number of carbonyl (C=O) groups excluding carboxylic acids is 3. The van der Waals surface area contributed by atoms with Crippen LogP contribution in [0.2, 0.25) is 0 Å². The zero-order valence-corrected chi connectivity index (χ0v) is 39.2. The molecule has 5 heterocycles. The molecule has 6 rings (SSSR count). The predicted octanol–water partition coefficient (Wildman–Crippen LogP) is 7.88. The summed E-state index contributed by atoms with van der Waals surface area (Å²) in [7, 11) is 0. The summed E-state index contributed by atoms with van der Waals surface area (Å²) in [5.41, 5.74) is 10.0. The molecule has 61 heavy (non-hydrogen) atoms. The number of carbonyl (C=O) groups is 3. The molecule has 2 aliphatic heterocycles. The zero-order chi connectivity index (χ0) is 43.4. The van der Waals surface area contributed by atoms with Gasteiger partial charge in [-0.25, -0.2) is 0 Å². The number of hydrogen-bond donors (Lipinski definition) is 1. The molecular weight excluding hydrogens is 777 g/mol. The average molecular weight is 839 g/mol. The normalized spacial score (nSPS) is 21.8. The van der Waals surface area contributed by atoms with Crippen molar-refractivity contribution in [3.05, 3.63) is 102 Å². The molecule has 3 aliphatic rings. The minimum Gasteiger partial charge on any atom is -0.664 e. The van der Waals surface area contributed by atoms with Crippen molar-refractivity contribution in [2.75, 3.05) is 13.4 Å². The van der Waals surface area contributed by atoms with Crippen molar-refractivity contribution >= 4 is 70.7 Å². The number of nitrogens with zero attached hydrogens (tertiary/aromatic N) is 4. The number of esters is 2. The van der Waals surface area contributed by atoms with Gasteiger partial charge in [-0.2, -0.15) is 11.4 Å². The largest absolute Gasteiger partial charge is 2.00 e. The Morgan fingerprint density at radius 3 is 2.30 bits per heavy atom. The summed E-state index contributed by atoms with van der Waals surface area (Å²) < 4.78 is 10.8. The van der Waals surface area contributed by atoms with Crippen molar-refractivity contribution < 1.29 is 29.0 Å². The van der Waals surface area contributed by atoms with E-state index in [4.69, 9.17) is 29.7 Å². The number of ketones is 1. The third-order valence-corrected chi connectivity index (χ3v) is 12.8. The number of hydrogen-bond acceptors (Lipinski definition) is 6. The van der Waals surface area contributed by atoms with Crippen LogP contribution in [0.1, 0.15) is 154 Å². The Morgan fingerprint density at radius 1 is 0.902 bits per heavy atom. The molecular formula is C50H62MgN4O6-2. The van der Waals surface area contributed by atoms with E-state index in [1.807, 2.05) is 51.2 Å². The number of ether oxygens (including phenoxy) is 2. The second-order valence-electron chi connectivity index (χ2n) is 17.5. The van der Waals surface area contributed by atoms with Crippen molar-refractivity contribution in [1.29, 1.82) is 0 Å². The molecule has 0 radical (unpaired) electrons. The molecule has 3 aromatic heterocycles. The molecule has 1 N–H and O–H groups in total. The van der Waals surface area contributed by atoms with Gasteiger partial charge >= 0.3 is 35.0 Å². The van der Waals surface area contributed by atoms with Crippen LogP contribution >= 0.6 is 0 Å². The van der Waals surface area contributed by atoms with Gasteiger partial charge in [0.2, 0.25) is 0 Å². The van der Waals surface area contributed by atoms with Gasteiger partial charge in [0.15, 0.2) is 12.6 Å². The van der Waals surface area contributed by atoms with Crippen molar-refractivity contribution in [2.24, 2.45) is 29.6 Å². The molecule has 1 saturated heterocycles. The van der Waals surface area contributed by atoms with Gasteiger partial charge in [-0.05, 0) is 88.7 Å². The van der Waals surface area contributed by atoms with E-state index < -0.39 is 24.5 Å². The van der Waals surface area contributed by atoms with Crippen LogP contribution in [0.5, 0.6) is 0 Å². The summed E-state index contributed by atoms with van der Waals surface area (Å²) in [6, 6.07) is 0. The molecule has 1 aliphatic carbocycles. The standard InChI is InChI=1S/C50H63N4O6.Mg/c1-11-34-30(7)37-23-39-32(9)36(19-20-43(56)59-22-21-29(6)18-14-17-28(5)16-13-15-27(3)4)47(53-39)45-46(50(58)60-26-55)49(57)44-33(10)40(54-48(44)45)25-42-35(12-2)31(8)38(52-42)24-41(34)51-37;/h11,21,23-25,27-28,32,36,46,55H,1,12-20,22,26H2,2-10H3,(H-,53,54,57);/q-3;+2/p-1/b29-21-,38-24-,39-23-,42-25-;/t28-,32+,36+,46-;/m1./s1. The van der Waals surface area contributed by atoms with Gasteiger partial charge in [-0.15, -0.1) is 33.5 Å². The molecule has 4 atom stereocenters. The maximum Gasteiger partial charge on any atom is 2.00 e. The summed E-state index contributed by atoms with van der Waals surface area (Å²) in [6.07, 6.45) is 17.9. The van der Waals surface area contributed by atoms with Gasteiger partial charge in [-0.1, -0.05) is 125 Å². The van der Waals surface area contributed by atoms with Crippen molar-refractivity contribution in [1.82, 2.24) is 15.0 Å². The quantitative estimate of drug-likeness (QED) is 0.0472. The molecule has 0 unspecified atom stereocenters. The minimum absolute atomic E-state index is 0. The van der Waals surface area contributed by atoms with E-state index in [1.165, 1.54) is 31.3 Å². The topological polar surface area (TPSA) is 146 Å². The fraction of sp³-hybridized carbons (Fsp3) is 0.500. The molecule has 0 amide bonds. The Balaban J connectivity index is 0.00000704. The Morgan fingerprint density at radius 2 is 1.61 bits per heavy atom. The van der Waals surface area contributed by atoms with Gasteiger partial charge < -0.3 is 34.8 Å². The fourth-order valence-electron chi connectivity index (χ4n) is 9.15. The van der Waals surface area contributed by atoms with Crippen LogP contribution in [0.15, 0.2) is 29.6 Å². The van der Waals surface area contributed by atoms with Gasteiger partial charge in [0.25, 0.3) is 0 Å².